The van der Waals surface area contributed by atoms with Crippen molar-refractivity contribution in [2.45, 2.75) is 18.9 Å². The molecule has 1 aromatic carbocycles. The zero-order valence-corrected chi connectivity index (χ0v) is 16.7. The normalized spacial score (nSPS) is 21.2. The van der Waals surface area contributed by atoms with E-state index in [4.69, 9.17) is 9.47 Å². The van der Waals surface area contributed by atoms with Gasteiger partial charge in [-0.05, 0) is 36.4 Å². The molecule has 0 spiro atoms. The fraction of sp³-hybridized carbons (Fsp3) is 0.429. The summed E-state index contributed by atoms with van der Waals surface area (Å²) in [5, 5.41) is 1.90. The van der Waals surface area contributed by atoms with Gasteiger partial charge in [0, 0.05) is 20.1 Å². The number of hydrogen-bond acceptors (Lipinski definition) is 5. The Bertz CT molecular complexity index is 839. The molecule has 0 bridgehead atoms. The highest BCUT2D eigenvalue weighted by Crippen LogP contribution is 2.31. The van der Waals surface area contributed by atoms with Gasteiger partial charge >= 0.3 is 0 Å². The number of amides is 2. The van der Waals surface area contributed by atoms with Crippen molar-refractivity contribution in [1.29, 1.82) is 0 Å². The molecule has 7 heteroatoms. The summed E-state index contributed by atoms with van der Waals surface area (Å²) < 4.78 is 11.7. The minimum absolute atomic E-state index is 0.0239. The summed E-state index contributed by atoms with van der Waals surface area (Å²) >= 11 is 1.44. The van der Waals surface area contributed by atoms with Crippen LogP contribution < -0.4 is 9.47 Å². The monoisotopic (exact) mass is 400 g/mol. The quantitative estimate of drug-likeness (QED) is 0.792. The maximum atomic E-state index is 13.0. The van der Waals surface area contributed by atoms with Gasteiger partial charge in [0.05, 0.1) is 17.3 Å². The number of benzene rings is 1. The first-order chi connectivity index (χ1) is 13.6. The third-order valence-electron chi connectivity index (χ3n) is 5.21. The highest BCUT2D eigenvalue weighted by molar-refractivity contribution is 7.12. The van der Waals surface area contributed by atoms with Crippen LogP contribution in [0.4, 0.5) is 0 Å². The zero-order valence-electron chi connectivity index (χ0n) is 15.9. The van der Waals surface area contributed by atoms with Crippen molar-refractivity contribution < 1.29 is 19.1 Å². The van der Waals surface area contributed by atoms with E-state index in [1.807, 2.05) is 46.7 Å². The van der Waals surface area contributed by atoms with Gasteiger partial charge in [-0.1, -0.05) is 18.2 Å². The molecule has 6 nitrogen and oxygen atoms in total. The van der Waals surface area contributed by atoms with E-state index in [-0.39, 0.29) is 23.8 Å². The van der Waals surface area contributed by atoms with Crippen LogP contribution >= 0.6 is 11.3 Å². The van der Waals surface area contributed by atoms with Gasteiger partial charge in [0.1, 0.15) is 6.61 Å². The molecule has 2 aliphatic heterocycles. The second kappa shape index (κ2) is 8.22. The molecule has 0 radical (unpaired) electrons. The standard InChI is InChI=1S/C21H24N2O4S/c1-22(13-16-14-26-17-7-2-3-8-18(17)27-16)20(24)15-6-4-10-23(12-15)21(25)19-9-5-11-28-19/h2-3,5,7-9,11,15-16H,4,6,10,12-14H2,1H3/t15-,16-/m0/s1. The first-order valence-corrected chi connectivity index (χ1v) is 10.5. The lowest BCUT2D eigenvalue weighted by Gasteiger charge is -2.35. The molecule has 28 heavy (non-hydrogen) atoms. The Morgan fingerprint density at radius 3 is 2.82 bits per heavy atom. The molecule has 4 rings (SSSR count). The van der Waals surface area contributed by atoms with Gasteiger partial charge < -0.3 is 19.3 Å². The highest BCUT2D eigenvalue weighted by Gasteiger charge is 2.32. The third kappa shape index (κ3) is 3.99. The van der Waals surface area contributed by atoms with Gasteiger partial charge in [-0.25, -0.2) is 0 Å². The Hall–Kier alpha value is -2.54. The molecule has 1 saturated heterocycles. The summed E-state index contributed by atoms with van der Waals surface area (Å²) in [5.41, 5.74) is 0. The molecule has 0 N–H and O–H groups in total. The van der Waals surface area contributed by atoms with Gasteiger partial charge in [0.2, 0.25) is 5.91 Å². The molecule has 2 aliphatic rings. The van der Waals surface area contributed by atoms with Crippen molar-refractivity contribution in [3.63, 3.8) is 0 Å². The number of ether oxygens (including phenoxy) is 2. The lowest BCUT2D eigenvalue weighted by Crippen LogP contribution is -2.48. The maximum Gasteiger partial charge on any atom is 0.263 e. The largest absolute Gasteiger partial charge is 0.486 e. The first-order valence-electron chi connectivity index (χ1n) is 9.58. The van der Waals surface area contributed by atoms with Gasteiger partial charge in [0.25, 0.3) is 5.91 Å². The van der Waals surface area contributed by atoms with Gasteiger partial charge in [-0.2, -0.15) is 0 Å². The van der Waals surface area contributed by atoms with Crippen molar-refractivity contribution in [3.05, 3.63) is 46.7 Å². The molecule has 0 aliphatic carbocycles. The first kappa shape index (κ1) is 18.8. The van der Waals surface area contributed by atoms with Crippen LogP contribution in [0.5, 0.6) is 11.5 Å². The minimum atomic E-state index is -0.198. The molecule has 0 saturated carbocycles. The van der Waals surface area contributed by atoms with Gasteiger partial charge in [-0.15, -0.1) is 11.3 Å². The van der Waals surface area contributed by atoms with Crippen molar-refractivity contribution in [1.82, 2.24) is 9.80 Å². The van der Waals surface area contributed by atoms with Crippen molar-refractivity contribution in [3.8, 4) is 11.5 Å². The fourth-order valence-corrected chi connectivity index (χ4v) is 4.47. The molecular weight excluding hydrogens is 376 g/mol. The van der Waals surface area contributed by atoms with E-state index < -0.39 is 0 Å². The number of fused-ring (bicyclic) bond motifs is 1. The van der Waals surface area contributed by atoms with Crippen molar-refractivity contribution in [2.24, 2.45) is 5.92 Å². The lowest BCUT2D eigenvalue weighted by atomic mass is 9.96. The van der Waals surface area contributed by atoms with E-state index in [0.29, 0.717) is 32.0 Å². The maximum absolute atomic E-state index is 13.0. The number of nitrogens with zero attached hydrogens (tertiary/aromatic N) is 2. The smallest absolute Gasteiger partial charge is 0.263 e. The SMILES string of the molecule is CN(C[C@H]1COc2ccccc2O1)C(=O)[C@H]1CCCN(C(=O)c2cccs2)C1. The average molecular weight is 401 g/mol. The fourth-order valence-electron chi connectivity index (χ4n) is 3.78. The molecule has 3 heterocycles. The third-order valence-corrected chi connectivity index (χ3v) is 6.07. The summed E-state index contributed by atoms with van der Waals surface area (Å²) in [7, 11) is 1.80. The van der Waals surface area contributed by atoms with Crippen LogP contribution in [0, 0.1) is 5.92 Å². The Kier molecular flexibility index (Phi) is 5.52. The van der Waals surface area contributed by atoms with Crippen LogP contribution in [0.1, 0.15) is 22.5 Å². The lowest BCUT2D eigenvalue weighted by molar-refractivity contribution is -0.137. The summed E-state index contributed by atoms with van der Waals surface area (Å²) in [5.74, 6) is 1.37. The molecule has 1 fully saturated rings. The molecule has 0 unspecified atom stereocenters. The number of para-hydroxylation sites is 2. The second-order valence-corrected chi connectivity index (χ2v) is 8.23. The summed E-state index contributed by atoms with van der Waals surface area (Å²) in [4.78, 5) is 29.8. The number of likely N-dealkylation sites (N-methyl/N-ethyl adjacent to an activating group) is 1. The van der Waals surface area contributed by atoms with E-state index in [1.54, 1.807) is 11.9 Å². The molecule has 1 aromatic heterocycles. The van der Waals surface area contributed by atoms with Crippen LogP contribution in [-0.4, -0.2) is 61.0 Å². The molecule has 148 valence electrons. The predicted octanol–water partition coefficient (Wildman–Crippen LogP) is 2.90. The van der Waals surface area contributed by atoms with E-state index in [2.05, 4.69) is 0 Å². The average Bonchev–Trinajstić information content (AvgIpc) is 3.27. The van der Waals surface area contributed by atoms with E-state index in [0.717, 1.165) is 23.5 Å². The van der Waals surface area contributed by atoms with E-state index in [1.165, 1.54) is 11.3 Å². The van der Waals surface area contributed by atoms with Crippen LogP contribution in [0.3, 0.4) is 0 Å². The minimum Gasteiger partial charge on any atom is -0.486 e. The Balaban J connectivity index is 1.34. The summed E-state index contributed by atoms with van der Waals surface area (Å²) in [6.07, 6.45) is 1.45. The van der Waals surface area contributed by atoms with Crippen LogP contribution in [0.15, 0.2) is 41.8 Å². The summed E-state index contributed by atoms with van der Waals surface area (Å²) in [6.45, 7) is 2.07. The number of rotatable bonds is 4. The van der Waals surface area contributed by atoms with Crippen molar-refractivity contribution in [2.75, 3.05) is 33.3 Å². The topological polar surface area (TPSA) is 59.1 Å². The Labute approximate surface area is 168 Å². The van der Waals surface area contributed by atoms with Crippen LogP contribution in [0.2, 0.25) is 0 Å². The van der Waals surface area contributed by atoms with E-state index >= 15 is 0 Å². The number of hydrogen-bond donors (Lipinski definition) is 0. The van der Waals surface area contributed by atoms with E-state index in [9.17, 15) is 9.59 Å². The number of likely N-dealkylation sites (tertiary alicyclic amines) is 1. The zero-order chi connectivity index (χ0) is 19.5. The number of piperidine rings is 1. The highest BCUT2D eigenvalue weighted by atomic mass is 32.1. The van der Waals surface area contributed by atoms with Crippen molar-refractivity contribution >= 4 is 23.2 Å². The number of carbonyl (C=O) groups excluding carboxylic acids is 2. The Morgan fingerprint density at radius 1 is 1.21 bits per heavy atom. The number of thiophene rings is 1. The molecule has 2 atom stereocenters. The Morgan fingerprint density at radius 2 is 2.04 bits per heavy atom. The number of carbonyl (C=O) groups is 2. The van der Waals surface area contributed by atoms with Crippen LogP contribution in [0.25, 0.3) is 0 Å². The van der Waals surface area contributed by atoms with Gasteiger partial charge in [-0.3, -0.25) is 9.59 Å². The second-order valence-electron chi connectivity index (χ2n) is 7.28. The molecule has 2 amide bonds. The van der Waals surface area contributed by atoms with Gasteiger partial charge in [0.15, 0.2) is 17.6 Å². The van der Waals surface area contributed by atoms with Crippen LogP contribution in [-0.2, 0) is 4.79 Å². The summed E-state index contributed by atoms with van der Waals surface area (Å²) in [6, 6.07) is 11.3. The molecule has 2 aromatic rings. The molecular formula is C21H24N2O4S. The predicted molar refractivity (Wildman–Crippen MR) is 107 cm³/mol.